The topological polar surface area (TPSA) is 9.23 Å². The van der Waals surface area contributed by atoms with Crippen LogP contribution in [0, 0.1) is 17.8 Å². The minimum atomic E-state index is 0.444. The molecule has 0 unspecified atom stereocenters. The predicted molar refractivity (Wildman–Crippen MR) is 55.4 cm³/mol. The predicted octanol–water partition coefficient (Wildman–Crippen LogP) is 3.00. The van der Waals surface area contributed by atoms with Gasteiger partial charge in [0.15, 0.2) is 0 Å². The highest BCUT2D eigenvalue weighted by Gasteiger charge is 2.25. The fourth-order valence-corrected chi connectivity index (χ4v) is 2.78. The van der Waals surface area contributed by atoms with Crippen LogP contribution in [0.15, 0.2) is 0 Å². The van der Waals surface area contributed by atoms with Crippen molar-refractivity contribution in [3.63, 3.8) is 0 Å². The van der Waals surface area contributed by atoms with Crippen LogP contribution in [0.2, 0.25) is 0 Å². The molecule has 1 nitrogen and oxygen atoms in total. The van der Waals surface area contributed by atoms with Gasteiger partial charge in [-0.2, -0.15) is 0 Å². The van der Waals surface area contributed by atoms with Crippen LogP contribution >= 0.6 is 11.8 Å². The summed E-state index contributed by atoms with van der Waals surface area (Å²) >= 11 is 1.99. The molecule has 1 aliphatic heterocycles. The molecule has 12 heavy (non-hydrogen) atoms. The molecular weight excluding hydrogens is 168 g/mol. The molecule has 1 saturated heterocycles. The molecule has 1 fully saturated rings. The van der Waals surface area contributed by atoms with E-state index in [-0.39, 0.29) is 0 Å². The zero-order valence-corrected chi connectivity index (χ0v) is 9.36. The lowest BCUT2D eigenvalue weighted by Crippen LogP contribution is -2.30. The van der Waals surface area contributed by atoms with Gasteiger partial charge >= 0.3 is 0 Å². The van der Waals surface area contributed by atoms with Crippen LogP contribution in [0.1, 0.15) is 27.7 Å². The molecule has 0 radical (unpaired) electrons. The molecule has 0 spiro atoms. The highest BCUT2D eigenvalue weighted by atomic mass is 32.2. The molecule has 72 valence electrons. The van der Waals surface area contributed by atoms with Crippen molar-refractivity contribution in [2.45, 2.75) is 33.1 Å². The number of ether oxygens (including phenoxy) is 1. The molecule has 0 aromatic rings. The molecule has 0 aromatic heterocycles. The Kier molecular flexibility index (Phi) is 3.91. The molecule has 2 heteroatoms. The molecule has 0 saturated carbocycles. The van der Waals surface area contributed by atoms with E-state index >= 15 is 0 Å². The average Bonchev–Trinajstić information content (AvgIpc) is 2.04. The summed E-state index contributed by atoms with van der Waals surface area (Å²) in [6.07, 6.45) is 0. The Morgan fingerprint density at radius 3 is 2.17 bits per heavy atom. The fourth-order valence-electron chi connectivity index (χ4n) is 1.30. The third-order valence-electron chi connectivity index (χ3n) is 2.44. The molecule has 0 aliphatic carbocycles. The minimum absolute atomic E-state index is 0.444. The van der Waals surface area contributed by atoms with Crippen molar-refractivity contribution >= 4 is 11.8 Å². The average molecular weight is 188 g/mol. The van der Waals surface area contributed by atoms with E-state index in [0.29, 0.717) is 11.4 Å². The van der Waals surface area contributed by atoms with Crippen molar-refractivity contribution in [3.05, 3.63) is 0 Å². The van der Waals surface area contributed by atoms with Crippen LogP contribution in [0.3, 0.4) is 0 Å². The number of thioether (sulfide) groups is 1. The molecule has 1 rings (SSSR count). The summed E-state index contributed by atoms with van der Waals surface area (Å²) in [7, 11) is 0. The molecule has 0 aromatic carbocycles. The summed E-state index contributed by atoms with van der Waals surface area (Å²) in [5, 5.41) is 0. The van der Waals surface area contributed by atoms with Gasteiger partial charge in [-0.1, -0.05) is 27.7 Å². The van der Waals surface area contributed by atoms with Gasteiger partial charge in [0.05, 0.1) is 6.61 Å². The minimum Gasteiger partial charge on any atom is -0.367 e. The van der Waals surface area contributed by atoms with Gasteiger partial charge in [0.2, 0.25) is 0 Å². The van der Waals surface area contributed by atoms with E-state index in [1.807, 2.05) is 11.8 Å². The summed E-state index contributed by atoms with van der Waals surface area (Å²) in [5.41, 5.74) is 0.444. The third-order valence-corrected chi connectivity index (χ3v) is 4.07. The summed E-state index contributed by atoms with van der Waals surface area (Å²) in [4.78, 5) is 0. The van der Waals surface area contributed by atoms with Gasteiger partial charge in [0, 0.05) is 5.75 Å². The van der Waals surface area contributed by atoms with Gasteiger partial charge in [0.25, 0.3) is 0 Å². The Morgan fingerprint density at radius 1 is 1.17 bits per heavy atom. The van der Waals surface area contributed by atoms with Gasteiger partial charge in [0.1, 0.15) is 5.44 Å². The molecule has 1 aliphatic rings. The summed E-state index contributed by atoms with van der Waals surface area (Å²) < 4.78 is 5.78. The monoisotopic (exact) mass is 188 g/mol. The molecule has 0 bridgehead atoms. The lowest BCUT2D eigenvalue weighted by atomic mass is 9.99. The van der Waals surface area contributed by atoms with Crippen molar-refractivity contribution in [3.8, 4) is 0 Å². The van der Waals surface area contributed by atoms with Crippen molar-refractivity contribution in [2.24, 2.45) is 17.8 Å². The third kappa shape index (κ3) is 2.67. The SMILES string of the molecule is CC(C)[C@H]1CO[C@H](C(C)C)SC1. The van der Waals surface area contributed by atoms with Crippen LogP contribution in [-0.4, -0.2) is 17.8 Å². The second-order valence-corrected chi connectivity index (χ2v) is 5.41. The maximum Gasteiger partial charge on any atom is 0.105 e. The van der Waals surface area contributed by atoms with Gasteiger partial charge in [-0.25, -0.2) is 0 Å². The van der Waals surface area contributed by atoms with Crippen molar-refractivity contribution in [1.29, 1.82) is 0 Å². The van der Waals surface area contributed by atoms with E-state index in [1.165, 1.54) is 5.75 Å². The lowest BCUT2D eigenvalue weighted by Gasteiger charge is -2.32. The zero-order valence-electron chi connectivity index (χ0n) is 8.54. The fraction of sp³-hybridized carbons (Fsp3) is 1.00. The number of rotatable bonds is 2. The van der Waals surface area contributed by atoms with Crippen LogP contribution < -0.4 is 0 Å². The first kappa shape index (κ1) is 10.4. The van der Waals surface area contributed by atoms with Crippen LogP contribution in [-0.2, 0) is 4.74 Å². The molecular formula is C10H20OS. The standard InChI is InChI=1S/C10H20OS/c1-7(2)9-5-11-10(8(3)4)12-6-9/h7-10H,5-6H2,1-4H3/t9-,10-/m0/s1. The Bertz CT molecular complexity index is 110. The Hall–Kier alpha value is 0.310. The highest BCUT2D eigenvalue weighted by Crippen LogP contribution is 2.31. The van der Waals surface area contributed by atoms with Gasteiger partial charge in [-0.15, -0.1) is 11.8 Å². The van der Waals surface area contributed by atoms with Crippen LogP contribution in [0.4, 0.5) is 0 Å². The second-order valence-electron chi connectivity index (χ2n) is 4.28. The normalized spacial score (nSPS) is 31.5. The van der Waals surface area contributed by atoms with E-state index in [9.17, 15) is 0 Å². The lowest BCUT2D eigenvalue weighted by molar-refractivity contribution is 0.0406. The largest absolute Gasteiger partial charge is 0.367 e. The Balaban J connectivity index is 2.30. The van der Waals surface area contributed by atoms with Crippen molar-refractivity contribution < 1.29 is 4.74 Å². The van der Waals surface area contributed by atoms with Gasteiger partial charge in [-0.05, 0) is 17.8 Å². The first-order chi connectivity index (χ1) is 5.61. The number of hydrogen-bond donors (Lipinski definition) is 0. The maximum absolute atomic E-state index is 5.78. The second kappa shape index (κ2) is 4.52. The summed E-state index contributed by atoms with van der Waals surface area (Å²) in [6.45, 7) is 9.99. The van der Waals surface area contributed by atoms with Gasteiger partial charge in [-0.3, -0.25) is 0 Å². The van der Waals surface area contributed by atoms with E-state index in [1.54, 1.807) is 0 Å². The highest BCUT2D eigenvalue weighted by molar-refractivity contribution is 7.99. The van der Waals surface area contributed by atoms with Gasteiger partial charge < -0.3 is 4.74 Å². The number of hydrogen-bond acceptors (Lipinski definition) is 2. The molecule has 2 atom stereocenters. The molecule has 1 heterocycles. The van der Waals surface area contributed by atoms with E-state index in [2.05, 4.69) is 27.7 Å². The molecule has 0 amide bonds. The maximum atomic E-state index is 5.78. The first-order valence-electron chi connectivity index (χ1n) is 4.84. The smallest absolute Gasteiger partial charge is 0.105 e. The quantitative estimate of drug-likeness (QED) is 0.659. The first-order valence-corrected chi connectivity index (χ1v) is 5.89. The van der Waals surface area contributed by atoms with Crippen LogP contribution in [0.25, 0.3) is 0 Å². The van der Waals surface area contributed by atoms with E-state index in [4.69, 9.17) is 4.74 Å². The Morgan fingerprint density at radius 2 is 1.83 bits per heavy atom. The zero-order chi connectivity index (χ0) is 9.14. The Labute approximate surface area is 80.3 Å². The van der Waals surface area contributed by atoms with Crippen molar-refractivity contribution in [1.82, 2.24) is 0 Å². The molecule has 0 N–H and O–H groups in total. The van der Waals surface area contributed by atoms with E-state index in [0.717, 1.165) is 18.4 Å². The van der Waals surface area contributed by atoms with Crippen LogP contribution in [0.5, 0.6) is 0 Å². The van der Waals surface area contributed by atoms with Crippen molar-refractivity contribution in [2.75, 3.05) is 12.4 Å². The van der Waals surface area contributed by atoms with E-state index < -0.39 is 0 Å². The summed E-state index contributed by atoms with van der Waals surface area (Å²) in [6, 6.07) is 0. The summed E-state index contributed by atoms with van der Waals surface area (Å²) in [5.74, 6) is 3.47.